The van der Waals surface area contributed by atoms with Gasteiger partial charge in [-0.25, -0.2) is 4.98 Å². The van der Waals surface area contributed by atoms with Gasteiger partial charge in [0.2, 0.25) is 5.91 Å². The summed E-state index contributed by atoms with van der Waals surface area (Å²) in [6.45, 7) is 2.35. The van der Waals surface area contributed by atoms with Crippen molar-refractivity contribution in [1.82, 2.24) is 14.9 Å². The zero-order valence-electron chi connectivity index (χ0n) is 17.0. The molecular formula is C23H19Cl2N3O3S. The van der Waals surface area contributed by atoms with E-state index in [1.807, 2.05) is 12.1 Å². The fourth-order valence-corrected chi connectivity index (χ4v) is 4.33. The molecule has 1 atom stereocenters. The van der Waals surface area contributed by atoms with Crippen molar-refractivity contribution < 1.29 is 9.21 Å². The lowest BCUT2D eigenvalue weighted by Crippen LogP contribution is -2.31. The molecule has 0 aliphatic rings. The van der Waals surface area contributed by atoms with Gasteiger partial charge < -0.3 is 9.73 Å². The highest BCUT2D eigenvalue weighted by Gasteiger charge is 2.20. The number of nitrogens with one attached hydrogen (secondary N) is 1. The molecule has 0 saturated heterocycles. The highest BCUT2D eigenvalue weighted by Crippen LogP contribution is 2.25. The largest absolute Gasteiger partial charge is 0.467 e. The molecule has 164 valence electrons. The third-order valence-electron chi connectivity index (χ3n) is 4.81. The number of fused-ring (bicyclic) bond motifs is 1. The number of hydrogen-bond donors (Lipinski definition) is 1. The van der Waals surface area contributed by atoms with Crippen molar-refractivity contribution >= 4 is 51.8 Å². The fraction of sp³-hybridized carbons (Fsp3) is 0.174. The molecule has 0 aliphatic heterocycles. The minimum Gasteiger partial charge on any atom is -0.467 e. The molecule has 2 heterocycles. The van der Waals surface area contributed by atoms with E-state index < -0.39 is 5.25 Å². The third kappa shape index (κ3) is 5.18. The normalized spacial score (nSPS) is 12.1. The molecule has 9 heteroatoms. The van der Waals surface area contributed by atoms with Crippen molar-refractivity contribution in [2.24, 2.45) is 0 Å². The number of amides is 1. The summed E-state index contributed by atoms with van der Waals surface area (Å²) >= 11 is 13.2. The molecule has 0 radical (unpaired) electrons. The molecule has 2 aromatic carbocycles. The van der Waals surface area contributed by atoms with Crippen LogP contribution in [0, 0.1) is 0 Å². The summed E-state index contributed by atoms with van der Waals surface area (Å²) in [6, 6.07) is 15.8. The first-order valence-corrected chi connectivity index (χ1v) is 11.5. The molecule has 1 unspecified atom stereocenters. The summed E-state index contributed by atoms with van der Waals surface area (Å²) < 4.78 is 6.94. The maximum absolute atomic E-state index is 13.2. The predicted molar refractivity (Wildman–Crippen MR) is 127 cm³/mol. The third-order valence-corrected chi connectivity index (χ3v) is 6.38. The highest BCUT2D eigenvalue weighted by atomic mass is 35.5. The summed E-state index contributed by atoms with van der Waals surface area (Å²) in [5, 5.41) is 4.40. The van der Waals surface area contributed by atoms with Gasteiger partial charge in [-0.3, -0.25) is 14.2 Å². The molecule has 0 aliphatic carbocycles. The maximum Gasteiger partial charge on any atom is 0.262 e. The predicted octanol–water partition coefficient (Wildman–Crippen LogP) is 5.14. The fourth-order valence-electron chi connectivity index (χ4n) is 3.11. The van der Waals surface area contributed by atoms with Gasteiger partial charge in [0.15, 0.2) is 5.16 Å². The molecule has 0 saturated carbocycles. The van der Waals surface area contributed by atoms with Crippen molar-refractivity contribution in [3.05, 3.63) is 92.6 Å². The minimum atomic E-state index is -0.492. The van der Waals surface area contributed by atoms with Crippen LogP contribution in [-0.2, 0) is 17.9 Å². The number of nitrogens with zero attached hydrogens (tertiary/aromatic N) is 2. The van der Waals surface area contributed by atoms with Gasteiger partial charge in [0.1, 0.15) is 5.76 Å². The molecule has 32 heavy (non-hydrogen) atoms. The second-order valence-electron chi connectivity index (χ2n) is 7.13. The van der Waals surface area contributed by atoms with Gasteiger partial charge in [0.05, 0.1) is 29.0 Å². The number of carbonyl (C=O) groups excluding carboxylic acids is 1. The smallest absolute Gasteiger partial charge is 0.262 e. The minimum absolute atomic E-state index is 0.171. The second kappa shape index (κ2) is 9.81. The van der Waals surface area contributed by atoms with E-state index in [2.05, 4.69) is 10.3 Å². The van der Waals surface area contributed by atoms with Crippen LogP contribution in [0.2, 0.25) is 10.0 Å². The van der Waals surface area contributed by atoms with E-state index in [-0.39, 0.29) is 18.0 Å². The standard InChI is InChI=1S/C23H19Cl2N3O3S/c1-14(21(29)26-12-15-4-6-16(24)7-5-15)32-23-27-20-11-17(25)8-9-19(20)22(30)28(23)13-18-3-2-10-31-18/h2-11,14H,12-13H2,1H3,(H,26,29). The number of benzene rings is 2. The van der Waals surface area contributed by atoms with Gasteiger partial charge in [0, 0.05) is 16.6 Å². The molecule has 1 N–H and O–H groups in total. The van der Waals surface area contributed by atoms with Crippen LogP contribution in [0.25, 0.3) is 10.9 Å². The summed E-state index contributed by atoms with van der Waals surface area (Å²) in [4.78, 5) is 30.5. The lowest BCUT2D eigenvalue weighted by Gasteiger charge is -2.16. The number of carbonyl (C=O) groups is 1. The number of aromatic nitrogens is 2. The number of hydrogen-bond acceptors (Lipinski definition) is 5. The summed E-state index contributed by atoms with van der Waals surface area (Å²) in [7, 11) is 0. The quantitative estimate of drug-likeness (QED) is 0.288. The average molecular weight is 488 g/mol. The van der Waals surface area contributed by atoms with Crippen LogP contribution in [0.4, 0.5) is 0 Å². The number of thioether (sulfide) groups is 1. The first-order chi connectivity index (χ1) is 15.4. The zero-order valence-corrected chi connectivity index (χ0v) is 19.4. The van der Waals surface area contributed by atoms with Crippen molar-refractivity contribution in [1.29, 1.82) is 0 Å². The van der Waals surface area contributed by atoms with Gasteiger partial charge in [-0.2, -0.15) is 0 Å². The molecule has 2 aromatic heterocycles. The summed E-state index contributed by atoms with van der Waals surface area (Å²) in [5.74, 6) is 0.443. The SMILES string of the molecule is CC(Sc1nc2cc(Cl)ccc2c(=O)n1Cc1ccco1)C(=O)NCc1ccc(Cl)cc1. The van der Waals surface area contributed by atoms with Crippen LogP contribution in [0.15, 0.2) is 75.2 Å². The Hall–Kier alpha value is -2.74. The Labute approximate surface area is 198 Å². The van der Waals surface area contributed by atoms with Crippen LogP contribution in [-0.4, -0.2) is 20.7 Å². The Morgan fingerprint density at radius 1 is 1.16 bits per heavy atom. The molecule has 0 bridgehead atoms. The van der Waals surface area contributed by atoms with Crippen molar-refractivity contribution in [3.63, 3.8) is 0 Å². The van der Waals surface area contributed by atoms with Crippen molar-refractivity contribution in [3.8, 4) is 0 Å². The maximum atomic E-state index is 13.2. The first kappa shape index (κ1) is 22.5. The van der Waals surface area contributed by atoms with Crippen LogP contribution < -0.4 is 10.9 Å². The van der Waals surface area contributed by atoms with Gasteiger partial charge in [-0.1, -0.05) is 47.1 Å². The van der Waals surface area contributed by atoms with Crippen LogP contribution >= 0.6 is 35.0 Å². The van der Waals surface area contributed by atoms with E-state index in [1.54, 1.807) is 55.7 Å². The van der Waals surface area contributed by atoms with E-state index in [9.17, 15) is 9.59 Å². The van der Waals surface area contributed by atoms with Gasteiger partial charge in [-0.15, -0.1) is 0 Å². The molecular weight excluding hydrogens is 469 g/mol. The van der Waals surface area contributed by atoms with Crippen LogP contribution in [0.1, 0.15) is 18.2 Å². The molecule has 0 fully saturated rings. The zero-order chi connectivity index (χ0) is 22.7. The van der Waals surface area contributed by atoms with Gasteiger partial charge in [-0.05, 0) is 55.0 Å². The lowest BCUT2D eigenvalue weighted by molar-refractivity contribution is -0.120. The lowest BCUT2D eigenvalue weighted by atomic mass is 10.2. The van der Waals surface area contributed by atoms with Gasteiger partial charge >= 0.3 is 0 Å². The molecule has 1 amide bonds. The molecule has 4 aromatic rings. The molecule has 6 nitrogen and oxygen atoms in total. The Balaban J connectivity index is 1.59. The summed E-state index contributed by atoms with van der Waals surface area (Å²) in [6.07, 6.45) is 1.55. The van der Waals surface area contributed by atoms with E-state index >= 15 is 0 Å². The monoisotopic (exact) mass is 487 g/mol. The first-order valence-electron chi connectivity index (χ1n) is 9.82. The second-order valence-corrected chi connectivity index (χ2v) is 9.31. The molecule has 0 spiro atoms. The highest BCUT2D eigenvalue weighted by molar-refractivity contribution is 8.00. The topological polar surface area (TPSA) is 77.1 Å². The van der Waals surface area contributed by atoms with Crippen molar-refractivity contribution in [2.75, 3.05) is 0 Å². The number of furan rings is 1. The van der Waals surface area contributed by atoms with Crippen molar-refractivity contribution in [2.45, 2.75) is 30.4 Å². The van der Waals surface area contributed by atoms with E-state index in [4.69, 9.17) is 27.6 Å². The Morgan fingerprint density at radius 2 is 1.91 bits per heavy atom. The van der Waals surface area contributed by atoms with Crippen LogP contribution in [0.5, 0.6) is 0 Å². The Morgan fingerprint density at radius 3 is 2.62 bits per heavy atom. The van der Waals surface area contributed by atoms with Gasteiger partial charge in [0.25, 0.3) is 5.56 Å². The van der Waals surface area contributed by atoms with E-state index in [0.29, 0.717) is 38.4 Å². The molecule has 4 rings (SSSR count). The van der Waals surface area contributed by atoms with E-state index in [1.165, 1.54) is 16.3 Å². The average Bonchev–Trinajstić information content (AvgIpc) is 3.29. The Kier molecular flexibility index (Phi) is 6.89. The Bertz CT molecular complexity index is 1300. The van der Waals surface area contributed by atoms with Crippen LogP contribution in [0.3, 0.4) is 0 Å². The number of rotatable bonds is 7. The van der Waals surface area contributed by atoms with E-state index in [0.717, 1.165) is 5.56 Å². The number of halogens is 2. The summed E-state index contributed by atoms with van der Waals surface area (Å²) in [5.41, 5.74) is 1.20.